The fourth-order valence-corrected chi connectivity index (χ4v) is 1.62. The average molecular weight is 222 g/mol. The highest BCUT2D eigenvalue weighted by molar-refractivity contribution is 5.67. The zero-order valence-electron chi connectivity index (χ0n) is 10.6. The van der Waals surface area contributed by atoms with E-state index in [0.29, 0.717) is 12.5 Å². The van der Waals surface area contributed by atoms with Crippen molar-refractivity contribution in [3.8, 4) is 0 Å². The van der Waals surface area contributed by atoms with Gasteiger partial charge in [-0.2, -0.15) is 0 Å². The smallest absolute Gasteiger partial charge is 0.0661 e. The maximum atomic E-state index is 5.93. The average Bonchev–Trinajstić information content (AvgIpc) is 2.21. The molecule has 0 fully saturated rings. The Kier molecular flexibility index (Phi) is 4.62. The minimum absolute atomic E-state index is 0.259. The lowest BCUT2D eigenvalue weighted by Gasteiger charge is -2.17. The third-order valence-corrected chi connectivity index (χ3v) is 2.56. The molecule has 90 valence electrons. The first-order valence-corrected chi connectivity index (χ1v) is 5.69. The Bertz CT molecular complexity index is 337. The highest BCUT2D eigenvalue weighted by Crippen LogP contribution is 2.25. The monoisotopic (exact) mass is 222 g/mol. The van der Waals surface area contributed by atoms with Crippen LogP contribution < -0.4 is 11.1 Å². The molecule has 0 spiro atoms. The number of benzene rings is 1. The lowest BCUT2D eigenvalue weighted by Crippen LogP contribution is -2.21. The van der Waals surface area contributed by atoms with Gasteiger partial charge in [-0.3, -0.25) is 0 Å². The molecule has 0 aliphatic heterocycles. The highest BCUT2D eigenvalue weighted by Gasteiger charge is 2.07. The maximum absolute atomic E-state index is 5.93. The quantitative estimate of drug-likeness (QED) is 0.753. The Morgan fingerprint density at radius 2 is 2.00 bits per heavy atom. The standard InChI is InChI=1S/C13H22N2O/c1-9(2)11-5-6-12(14)13(7-11)15-10(3)8-16-4/h5-7,9-10,15H,8,14H2,1-4H3/t10-/m0/s1. The molecule has 16 heavy (non-hydrogen) atoms. The van der Waals surface area contributed by atoms with Gasteiger partial charge in [-0.25, -0.2) is 0 Å². The van der Waals surface area contributed by atoms with Crippen LogP contribution in [0.15, 0.2) is 18.2 Å². The molecule has 0 saturated carbocycles. The molecule has 1 rings (SSSR count). The van der Waals surface area contributed by atoms with Gasteiger partial charge in [0.25, 0.3) is 0 Å². The van der Waals surface area contributed by atoms with E-state index in [1.807, 2.05) is 6.07 Å². The van der Waals surface area contributed by atoms with Crippen molar-refractivity contribution in [1.29, 1.82) is 0 Å². The van der Waals surface area contributed by atoms with E-state index in [1.54, 1.807) is 7.11 Å². The number of anilines is 2. The number of hydrogen-bond donors (Lipinski definition) is 2. The van der Waals surface area contributed by atoms with Crippen molar-refractivity contribution >= 4 is 11.4 Å². The second-order valence-corrected chi connectivity index (χ2v) is 4.50. The van der Waals surface area contributed by atoms with Gasteiger partial charge in [0, 0.05) is 13.2 Å². The van der Waals surface area contributed by atoms with Crippen LogP contribution in [0.2, 0.25) is 0 Å². The Morgan fingerprint density at radius 3 is 2.56 bits per heavy atom. The third-order valence-electron chi connectivity index (χ3n) is 2.56. The van der Waals surface area contributed by atoms with E-state index in [2.05, 4.69) is 38.2 Å². The van der Waals surface area contributed by atoms with Crippen molar-refractivity contribution in [2.24, 2.45) is 0 Å². The number of hydrogen-bond acceptors (Lipinski definition) is 3. The Balaban J connectivity index is 2.81. The van der Waals surface area contributed by atoms with Crippen LogP contribution >= 0.6 is 0 Å². The topological polar surface area (TPSA) is 47.3 Å². The first kappa shape index (κ1) is 12.8. The molecule has 0 aliphatic rings. The Morgan fingerprint density at radius 1 is 1.31 bits per heavy atom. The van der Waals surface area contributed by atoms with Crippen molar-refractivity contribution in [1.82, 2.24) is 0 Å². The first-order valence-electron chi connectivity index (χ1n) is 5.69. The van der Waals surface area contributed by atoms with Crippen LogP contribution in [0.25, 0.3) is 0 Å². The molecule has 3 nitrogen and oxygen atoms in total. The molecule has 1 atom stereocenters. The van der Waals surface area contributed by atoms with Gasteiger partial charge in [0.15, 0.2) is 0 Å². The second kappa shape index (κ2) is 5.75. The lowest BCUT2D eigenvalue weighted by atomic mass is 10.0. The Hall–Kier alpha value is -1.22. The Labute approximate surface area is 98.0 Å². The number of rotatable bonds is 5. The minimum Gasteiger partial charge on any atom is -0.397 e. The molecule has 1 aromatic carbocycles. The summed E-state index contributed by atoms with van der Waals surface area (Å²) in [5.74, 6) is 0.513. The number of nitrogens with one attached hydrogen (secondary N) is 1. The van der Waals surface area contributed by atoms with Crippen LogP contribution in [0.3, 0.4) is 0 Å². The van der Waals surface area contributed by atoms with Gasteiger partial charge in [0.2, 0.25) is 0 Å². The number of methoxy groups -OCH3 is 1. The van der Waals surface area contributed by atoms with E-state index in [4.69, 9.17) is 10.5 Å². The van der Waals surface area contributed by atoms with E-state index >= 15 is 0 Å². The van der Waals surface area contributed by atoms with Gasteiger partial charge < -0.3 is 15.8 Å². The van der Waals surface area contributed by atoms with Gasteiger partial charge in [0.1, 0.15) is 0 Å². The van der Waals surface area contributed by atoms with E-state index in [-0.39, 0.29) is 6.04 Å². The van der Waals surface area contributed by atoms with Crippen LogP contribution in [-0.2, 0) is 4.74 Å². The predicted molar refractivity (Wildman–Crippen MR) is 69.9 cm³/mol. The molecule has 0 radical (unpaired) electrons. The van der Waals surface area contributed by atoms with Crippen LogP contribution in [0.5, 0.6) is 0 Å². The zero-order valence-corrected chi connectivity index (χ0v) is 10.6. The van der Waals surface area contributed by atoms with Gasteiger partial charge in [0.05, 0.1) is 18.0 Å². The summed E-state index contributed by atoms with van der Waals surface area (Å²) in [6, 6.07) is 6.41. The normalized spacial score (nSPS) is 12.8. The van der Waals surface area contributed by atoms with E-state index < -0.39 is 0 Å². The van der Waals surface area contributed by atoms with E-state index in [9.17, 15) is 0 Å². The van der Waals surface area contributed by atoms with Crippen molar-refractivity contribution in [3.63, 3.8) is 0 Å². The SMILES string of the molecule is COC[C@H](C)Nc1cc(C(C)C)ccc1N. The maximum Gasteiger partial charge on any atom is 0.0661 e. The highest BCUT2D eigenvalue weighted by atomic mass is 16.5. The van der Waals surface area contributed by atoms with E-state index in [0.717, 1.165) is 11.4 Å². The molecule has 0 amide bonds. The van der Waals surface area contributed by atoms with Crippen molar-refractivity contribution < 1.29 is 4.74 Å². The number of ether oxygens (including phenoxy) is 1. The first-order chi connectivity index (χ1) is 7.54. The fourth-order valence-electron chi connectivity index (χ4n) is 1.62. The second-order valence-electron chi connectivity index (χ2n) is 4.50. The van der Waals surface area contributed by atoms with Crippen molar-refractivity contribution in [2.75, 3.05) is 24.8 Å². The van der Waals surface area contributed by atoms with Crippen molar-refractivity contribution in [3.05, 3.63) is 23.8 Å². The van der Waals surface area contributed by atoms with Crippen LogP contribution in [0, 0.1) is 0 Å². The van der Waals surface area contributed by atoms with E-state index in [1.165, 1.54) is 5.56 Å². The molecule has 0 heterocycles. The van der Waals surface area contributed by atoms with Crippen molar-refractivity contribution in [2.45, 2.75) is 32.7 Å². The summed E-state index contributed by atoms with van der Waals surface area (Å²) in [6.07, 6.45) is 0. The molecule has 0 bridgehead atoms. The fraction of sp³-hybridized carbons (Fsp3) is 0.538. The summed E-state index contributed by atoms with van der Waals surface area (Å²) in [5, 5.41) is 3.36. The molecular formula is C13H22N2O. The van der Waals surface area contributed by atoms with Crippen LogP contribution in [0.4, 0.5) is 11.4 Å². The van der Waals surface area contributed by atoms with Gasteiger partial charge in [-0.1, -0.05) is 19.9 Å². The zero-order chi connectivity index (χ0) is 12.1. The molecule has 1 aromatic rings. The molecule has 0 aromatic heterocycles. The lowest BCUT2D eigenvalue weighted by molar-refractivity contribution is 0.190. The summed E-state index contributed by atoms with van der Waals surface area (Å²) >= 11 is 0. The summed E-state index contributed by atoms with van der Waals surface area (Å²) in [4.78, 5) is 0. The molecule has 3 N–H and O–H groups in total. The molecular weight excluding hydrogens is 200 g/mol. The molecule has 0 unspecified atom stereocenters. The molecule has 3 heteroatoms. The molecule has 0 saturated heterocycles. The van der Waals surface area contributed by atoms with Crippen LogP contribution in [0.1, 0.15) is 32.3 Å². The minimum atomic E-state index is 0.259. The predicted octanol–water partition coefficient (Wildman–Crippen LogP) is 2.84. The third kappa shape index (κ3) is 3.42. The van der Waals surface area contributed by atoms with Gasteiger partial charge in [-0.05, 0) is 30.5 Å². The summed E-state index contributed by atoms with van der Waals surface area (Å²) < 4.78 is 5.09. The van der Waals surface area contributed by atoms with Crippen LogP contribution in [-0.4, -0.2) is 19.8 Å². The number of nitrogen functional groups attached to an aromatic ring is 1. The van der Waals surface area contributed by atoms with Gasteiger partial charge in [-0.15, -0.1) is 0 Å². The summed E-state index contributed by atoms with van der Waals surface area (Å²) in [5.41, 5.74) is 9.00. The summed E-state index contributed by atoms with van der Waals surface area (Å²) in [6.45, 7) is 7.10. The van der Waals surface area contributed by atoms with Gasteiger partial charge >= 0.3 is 0 Å². The number of nitrogens with two attached hydrogens (primary N) is 1. The summed E-state index contributed by atoms with van der Waals surface area (Å²) in [7, 11) is 1.70. The largest absolute Gasteiger partial charge is 0.397 e. The molecule has 0 aliphatic carbocycles.